The minimum Gasteiger partial charge on any atom is -0.338 e. The lowest BCUT2D eigenvalue weighted by Gasteiger charge is -2.08. The Morgan fingerprint density at radius 2 is 1.76 bits per heavy atom. The molecular weight excluding hydrogens is 284 g/mol. The van der Waals surface area contributed by atoms with Crippen molar-refractivity contribution < 1.29 is 4.79 Å². The second-order valence-corrected chi connectivity index (χ2v) is 5.34. The summed E-state index contributed by atoms with van der Waals surface area (Å²) in [6.07, 6.45) is 0.720. The van der Waals surface area contributed by atoms with E-state index in [9.17, 15) is 4.79 Å². The number of hydrogen-bond acceptors (Lipinski definition) is 1. The van der Waals surface area contributed by atoms with Crippen LogP contribution >= 0.6 is 11.6 Å². The number of amides is 2. The van der Waals surface area contributed by atoms with Crippen molar-refractivity contribution in [1.29, 1.82) is 0 Å². The van der Waals surface area contributed by atoms with Crippen LogP contribution in [0.4, 0.5) is 4.79 Å². The van der Waals surface area contributed by atoms with Gasteiger partial charge in [-0.15, -0.1) is 0 Å². The summed E-state index contributed by atoms with van der Waals surface area (Å²) >= 11 is 6.07. The van der Waals surface area contributed by atoms with Gasteiger partial charge in [0.05, 0.1) is 0 Å². The van der Waals surface area contributed by atoms with Crippen molar-refractivity contribution in [2.45, 2.75) is 19.9 Å². The fourth-order valence-electron chi connectivity index (χ4n) is 1.96. The zero-order valence-electron chi connectivity index (χ0n) is 12.0. The Hall–Kier alpha value is -2.00. The number of nitrogens with one attached hydrogen (secondary N) is 2. The third kappa shape index (κ3) is 5.12. The fourth-order valence-corrected chi connectivity index (χ4v) is 2.19. The van der Waals surface area contributed by atoms with Gasteiger partial charge in [0.1, 0.15) is 0 Å². The molecule has 110 valence electrons. The van der Waals surface area contributed by atoms with Crippen molar-refractivity contribution in [2.24, 2.45) is 0 Å². The highest BCUT2D eigenvalue weighted by atomic mass is 35.5. The molecule has 0 spiro atoms. The standard InChI is InChI=1S/C17H19ClN2O/c1-13-6-8-14(9-7-13)12-20-17(21)19-11-10-15-4-2-3-5-16(15)18/h2-9H,10-12H2,1H3,(H2,19,20,21). The highest BCUT2D eigenvalue weighted by Crippen LogP contribution is 2.14. The van der Waals surface area contributed by atoms with Gasteiger partial charge < -0.3 is 10.6 Å². The van der Waals surface area contributed by atoms with E-state index in [1.807, 2.05) is 55.5 Å². The van der Waals surface area contributed by atoms with Crippen LogP contribution in [0.2, 0.25) is 5.02 Å². The Bertz CT molecular complexity index is 596. The van der Waals surface area contributed by atoms with Gasteiger partial charge in [0.25, 0.3) is 0 Å². The predicted molar refractivity (Wildman–Crippen MR) is 86.6 cm³/mol. The molecule has 3 nitrogen and oxygen atoms in total. The van der Waals surface area contributed by atoms with E-state index in [4.69, 9.17) is 11.6 Å². The normalized spacial score (nSPS) is 10.2. The average Bonchev–Trinajstić information content (AvgIpc) is 2.49. The number of carbonyl (C=O) groups excluding carboxylic acids is 1. The van der Waals surface area contributed by atoms with Crippen LogP contribution in [0.3, 0.4) is 0 Å². The number of aryl methyl sites for hydroxylation is 1. The summed E-state index contributed by atoms with van der Waals surface area (Å²) in [6.45, 7) is 3.13. The highest BCUT2D eigenvalue weighted by molar-refractivity contribution is 6.31. The quantitative estimate of drug-likeness (QED) is 0.869. The van der Waals surface area contributed by atoms with Crippen LogP contribution in [0.5, 0.6) is 0 Å². The van der Waals surface area contributed by atoms with E-state index in [1.165, 1.54) is 5.56 Å². The molecule has 0 radical (unpaired) electrons. The summed E-state index contributed by atoms with van der Waals surface area (Å²) < 4.78 is 0. The molecule has 0 bridgehead atoms. The lowest BCUT2D eigenvalue weighted by molar-refractivity contribution is 0.240. The lowest BCUT2D eigenvalue weighted by Crippen LogP contribution is -2.36. The molecule has 4 heteroatoms. The Kier molecular flexibility index (Phi) is 5.64. The van der Waals surface area contributed by atoms with Crippen LogP contribution in [0.25, 0.3) is 0 Å². The van der Waals surface area contributed by atoms with E-state index in [0.29, 0.717) is 13.1 Å². The number of carbonyl (C=O) groups is 1. The molecule has 21 heavy (non-hydrogen) atoms. The average molecular weight is 303 g/mol. The molecule has 0 saturated carbocycles. The first-order chi connectivity index (χ1) is 10.1. The Morgan fingerprint density at radius 1 is 1.05 bits per heavy atom. The minimum atomic E-state index is -0.164. The van der Waals surface area contributed by atoms with Crippen LogP contribution in [-0.2, 0) is 13.0 Å². The SMILES string of the molecule is Cc1ccc(CNC(=O)NCCc2ccccc2Cl)cc1. The van der Waals surface area contributed by atoms with Crippen molar-refractivity contribution in [3.05, 3.63) is 70.2 Å². The molecule has 2 amide bonds. The first-order valence-electron chi connectivity index (χ1n) is 6.96. The number of urea groups is 1. The van der Waals surface area contributed by atoms with Crippen molar-refractivity contribution in [2.75, 3.05) is 6.54 Å². The molecular formula is C17H19ClN2O. The molecule has 2 rings (SSSR count). The molecule has 0 heterocycles. The third-order valence-corrected chi connectivity index (χ3v) is 3.58. The predicted octanol–water partition coefficient (Wildman–Crippen LogP) is 3.69. The van der Waals surface area contributed by atoms with Crippen molar-refractivity contribution in [3.8, 4) is 0 Å². The Labute approximate surface area is 130 Å². The summed E-state index contributed by atoms with van der Waals surface area (Å²) in [7, 11) is 0. The fraction of sp³-hybridized carbons (Fsp3) is 0.235. The van der Waals surface area contributed by atoms with Gasteiger partial charge >= 0.3 is 6.03 Å². The Morgan fingerprint density at radius 3 is 2.48 bits per heavy atom. The summed E-state index contributed by atoms with van der Waals surface area (Å²) in [4.78, 5) is 11.7. The number of benzene rings is 2. The minimum absolute atomic E-state index is 0.164. The van der Waals surface area contributed by atoms with Gasteiger partial charge in [0, 0.05) is 18.1 Å². The van der Waals surface area contributed by atoms with Crippen molar-refractivity contribution in [3.63, 3.8) is 0 Å². The number of hydrogen-bond donors (Lipinski definition) is 2. The van der Waals surface area contributed by atoms with Gasteiger partial charge in [0.15, 0.2) is 0 Å². The highest BCUT2D eigenvalue weighted by Gasteiger charge is 2.02. The van der Waals surface area contributed by atoms with Gasteiger partial charge in [-0.2, -0.15) is 0 Å². The van der Waals surface area contributed by atoms with Crippen molar-refractivity contribution in [1.82, 2.24) is 10.6 Å². The molecule has 0 aliphatic rings. The maximum Gasteiger partial charge on any atom is 0.315 e. The van der Waals surface area contributed by atoms with Crippen molar-refractivity contribution >= 4 is 17.6 Å². The monoisotopic (exact) mass is 302 g/mol. The third-order valence-electron chi connectivity index (χ3n) is 3.21. The van der Waals surface area contributed by atoms with Crippen LogP contribution < -0.4 is 10.6 Å². The first kappa shape index (κ1) is 15.4. The summed E-state index contributed by atoms with van der Waals surface area (Å²) in [6, 6.07) is 15.6. The number of rotatable bonds is 5. The van der Waals surface area contributed by atoms with Crippen LogP contribution in [0, 0.1) is 6.92 Å². The summed E-state index contributed by atoms with van der Waals surface area (Å²) in [5, 5.41) is 6.40. The second kappa shape index (κ2) is 7.70. The van der Waals surface area contributed by atoms with Crippen LogP contribution in [-0.4, -0.2) is 12.6 Å². The molecule has 0 aliphatic heterocycles. The van der Waals surface area contributed by atoms with E-state index in [0.717, 1.165) is 22.6 Å². The second-order valence-electron chi connectivity index (χ2n) is 4.94. The molecule has 2 aromatic carbocycles. The lowest BCUT2D eigenvalue weighted by atomic mass is 10.1. The molecule has 0 aliphatic carbocycles. The van der Waals surface area contributed by atoms with E-state index in [-0.39, 0.29) is 6.03 Å². The van der Waals surface area contributed by atoms with E-state index >= 15 is 0 Å². The molecule has 0 unspecified atom stereocenters. The number of halogens is 1. The summed E-state index contributed by atoms with van der Waals surface area (Å²) in [5.41, 5.74) is 3.34. The van der Waals surface area contributed by atoms with Gasteiger partial charge in [-0.05, 0) is 30.5 Å². The topological polar surface area (TPSA) is 41.1 Å². The maximum absolute atomic E-state index is 11.7. The maximum atomic E-state index is 11.7. The smallest absolute Gasteiger partial charge is 0.315 e. The van der Waals surface area contributed by atoms with Gasteiger partial charge in [-0.3, -0.25) is 0 Å². The largest absolute Gasteiger partial charge is 0.338 e. The zero-order valence-corrected chi connectivity index (χ0v) is 12.8. The van der Waals surface area contributed by atoms with E-state index in [1.54, 1.807) is 0 Å². The molecule has 2 aromatic rings. The van der Waals surface area contributed by atoms with E-state index < -0.39 is 0 Å². The molecule has 0 atom stereocenters. The first-order valence-corrected chi connectivity index (χ1v) is 7.33. The molecule has 0 saturated heterocycles. The van der Waals surface area contributed by atoms with Crippen LogP contribution in [0.15, 0.2) is 48.5 Å². The molecule has 0 fully saturated rings. The van der Waals surface area contributed by atoms with Gasteiger partial charge in [0.2, 0.25) is 0 Å². The van der Waals surface area contributed by atoms with Gasteiger partial charge in [-0.25, -0.2) is 4.79 Å². The zero-order chi connectivity index (χ0) is 15.1. The molecule has 0 aromatic heterocycles. The van der Waals surface area contributed by atoms with Gasteiger partial charge in [-0.1, -0.05) is 59.6 Å². The Balaban J connectivity index is 1.70. The van der Waals surface area contributed by atoms with E-state index in [2.05, 4.69) is 10.6 Å². The molecule has 2 N–H and O–H groups in total. The summed E-state index contributed by atoms with van der Waals surface area (Å²) in [5.74, 6) is 0. The van der Waals surface area contributed by atoms with Crippen LogP contribution in [0.1, 0.15) is 16.7 Å².